The van der Waals surface area contributed by atoms with Gasteiger partial charge in [0, 0.05) is 44.5 Å². The van der Waals surface area contributed by atoms with Crippen molar-refractivity contribution < 1.29 is 8.42 Å². The SMILES string of the molecule is Cc1cc(CNS(=O)(=O)NC2CC2)ccc1Nc1nc(Nc2ccc(N3CCN(C)CC3)nc2)ncc1Cl. The fourth-order valence-electron chi connectivity index (χ4n) is 4.07. The molecule has 5 rings (SSSR count). The molecule has 3 heterocycles. The van der Waals surface area contributed by atoms with Gasteiger partial charge in [0.2, 0.25) is 5.95 Å². The normalized spacial score (nSPS) is 16.4. The Balaban J connectivity index is 1.21. The number of nitrogens with one attached hydrogen (secondary N) is 4. The number of nitrogens with zero attached hydrogens (tertiary/aromatic N) is 5. The lowest BCUT2D eigenvalue weighted by atomic mass is 10.1. The Morgan fingerprint density at radius 1 is 1.03 bits per heavy atom. The molecule has 2 aliphatic rings. The number of likely N-dealkylation sites (N-methyl/N-ethyl adjacent to an activating group) is 1. The minimum absolute atomic E-state index is 0.0653. The van der Waals surface area contributed by atoms with Crippen LogP contribution in [0.2, 0.25) is 5.02 Å². The lowest BCUT2D eigenvalue weighted by Crippen LogP contribution is -2.44. The molecule has 1 aliphatic heterocycles. The van der Waals surface area contributed by atoms with Gasteiger partial charge in [-0.3, -0.25) is 0 Å². The highest BCUT2D eigenvalue weighted by Gasteiger charge is 2.26. The molecular weight excluding hydrogens is 526 g/mol. The van der Waals surface area contributed by atoms with E-state index >= 15 is 0 Å². The summed E-state index contributed by atoms with van der Waals surface area (Å²) in [4.78, 5) is 18.0. The number of benzene rings is 1. The zero-order valence-corrected chi connectivity index (χ0v) is 23.0. The maximum atomic E-state index is 12.1. The van der Waals surface area contributed by atoms with Crippen molar-refractivity contribution in [2.24, 2.45) is 0 Å². The average molecular weight is 558 g/mol. The van der Waals surface area contributed by atoms with Gasteiger partial charge >= 0.3 is 0 Å². The Bertz CT molecular complexity index is 1380. The van der Waals surface area contributed by atoms with E-state index in [4.69, 9.17) is 11.6 Å². The molecule has 2 aromatic heterocycles. The van der Waals surface area contributed by atoms with Crippen LogP contribution in [-0.2, 0) is 16.8 Å². The van der Waals surface area contributed by atoms with E-state index in [9.17, 15) is 8.42 Å². The van der Waals surface area contributed by atoms with Crippen LogP contribution >= 0.6 is 11.6 Å². The summed E-state index contributed by atoms with van der Waals surface area (Å²) >= 11 is 6.38. The Morgan fingerprint density at radius 2 is 1.82 bits per heavy atom. The van der Waals surface area contributed by atoms with E-state index in [0.717, 1.165) is 67.3 Å². The Hall–Kier alpha value is -3.03. The van der Waals surface area contributed by atoms with Gasteiger partial charge in [0.15, 0.2) is 5.82 Å². The summed E-state index contributed by atoms with van der Waals surface area (Å²) in [6.07, 6.45) is 5.10. The first-order valence-corrected chi connectivity index (χ1v) is 14.4. The van der Waals surface area contributed by atoms with E-state index in [1.165, 1.54) is 6.20 Å². The Labute approximate surface area is 228 Å². The average Bonchev–Trinajstić information content (AvgIpc) is 3.70. The topological polar surface area (TPSA) is 127 Å². The van der Waals surface area contributed by atoms with Gasteiger partial charge in [0.25, 0.3) is 10.2 Å². The van der Waals surface area contributed by atoms with Crippen LogP contribution in [0.25, 0.3) is 0 Å². The lowest BCUT2D eigenvalue weighted by molar-refractivity contribution is 0.312. The van der Waals surface area contributed by atoms with Crippen molar-refractivity contribution in [2.45, 2.75) is 32.4 Å². The first-order valence-electron chi connectivity index (χ1n) is 12.6. The van der Waals surface area contributed by atoms with E-state index in [-0.39, 0.29) is 12.6 Å². The van der Waals surface area contributed by atoms with E-state index in [1.54, 1.807) is 6.20 Å². The fourth-order valence-corrected chi connectivity index (χ4v) is 5.32. The third-order valence-electron chi connectivity index (χ3n) is 6.48. The van der Waals surface area contributed by atoms with E-state index in [1.807, 2.05) is 37.3 Å². The number of aryl methyl sites for hydroxylation is 1. The molecule has 0 spiro atoms. The van der Waals surface area contributed by atoms with Crippen LogP contribution in [0.3, 0.4) is 0 Å². The van der Waals surface area contributed by atoms with Crippen molar-refractivity contribution in [1.29, 1.82) is 0 Å². The van der Waals surface area contributed by atoms with Gasteiger partial charge in [-0.05, 0) is 56.1 Å². The minimum atomic E-state index is -3.50. The van der Waals surface area contributed by atoms with Crippen molar-refractivity contribution >= 4 is 50.8 Å². The van der Waals surface area contributed by atoms with Crippen LogP contribution in [0, 0.1) is 6.92 Å². The molecule has 11 nitrogen and oxygen atoms in total. The van der Waals surface area contributed by atoms with Gasteiger partial charge in [-0.15, -0.1) is 0 Å². The summed E-state index contributed by atoms with van der Waals surface area (Å²) < 4.78 is 29.3. The summed E-state index contributed by atoms with van der Waals surface area (Å²) in [6.45, 7) is 6.10. The largest absolute Gasteiger partial charge is 0.354 e. The van der Waals surface area contributed by atoms with Crippen molar-refractivity contribution in [2.75, 3.05) is 48.8 Å². The highest BCUT2D eigenvalue weighted by molar-refractivity contribution is 7.87. The van der Waals surface area contributed by atoms with Crippen molar-refractivity contribution in [3.63, 3.8) is 0 Å². The molecular formula is C25H32ClN9O2S. The maximum Gasteiger partial charge on any atom is 0.277 e. The van der Waals surface area contributed by atoms with E-state index in [0.29, 0.717) is 16.8 Å². The van der Waals surface area contributed by atoms with Crippen LogP contribution in [0.5, 0.6) is 0 Å². The molecule has 13 heteroatoms. The zero-order chi connectivity index (χ0) is 26.7. The van der Waals surface area contributed by atoms with Crippen molar-refractivity contribution in [1.82, 2.24) is 29.3 Å². The molecule has 0 unspecified atom stereocenters. The first-order chi connectivity index (χ1) is 18.2. The molecule has 0 atom stereocenters. The number of anilines is 5. The molecule has 0 bridgehead atoms. The molecule has 1 saturated carbocycles. The predicted molar refractivity (Wildman–Crippen MR) is 151 cm³/mol. The number of piperazine rings is 1. The van der Waals surface area contributed by atoms with Crippen molar-refractivity contribution in [3.8, 4) is 0 Å². The second-order valence-electron chi connectivity index (χ2n) is 9.70. The molecule has 0 amide bonds. The second kappa shape index (κ2) is 11.4. The van der Waals surface area contributed by atoms with E-state index < -0.39 is 10.2 Å². The van der Waals surface area contributed by atoms with Crippen LogP contribution in [0.4, 0.5) is 29.0 Å². The van der Waals surface area contributed by atoms with E-state index in [2.05, 4.69) is 51.9 Å². The summed E-state index contributed by atoms with van der Waals surface area (Å²) in [5, 5.41) is 6.82. The van der Waals surface area contributed by atoms with Crippen LogP contribution in [-0.4, -0.2) is 67.5 Å². The predicted octanol–water partition coefficient (Wildman–Crippen LogP) is 3.16. The molecule has 0 radical (unpaired) electrons. The number of hydrogen-bond acceptors (Lipinski definition) is 9. The van der Waals surface area contributed by atoms with Crippen LogP contribution in [0.15, 0.2) is 42.7 Å². The quantitative estimate of drug-likeness (QED) is 0.297. The van der Waals surface area contributed by atoms with Gasteiger partial charge in [-0.2, -0.15) is 22.8 Å². The molecule has 2 fully saturated rings. The molecule has 3 aromatic rings. The summed E-state index contributed by atoms with van der Waals surface area (Å²) in [5.41, 5.74) is 3.34. The molecule has 202 valence electrons. The third-order valence-corrected chi connectivity index (χ3v) is 7.93. The number of aromatic nitrogens is 3. The van der Waals surface area contributed by atoms with Crippen LogP contribution in [0.1, 0.15) is 24.0 Å². The third kappa shape index (κ3) is 7.08. The van der Waals surface area contributed by atoms with Crippen molar-refractivity contribution in [3.05, 3.63) is 58.9 Å². The van der Waals surface area contributed by atoms with Gasteiger partial charge in [0.05, 0.1) is 18.1 Å². The maximum absolute atomic E-state index is 12.1. The first kappa shape index (κ1) is 26.6. The Morgan fingerprint density at radius 3 is 2.50 bits per heavy atom. The number of pyridine rings is 1. The van der Waals surface area contributed by atoms with Gasteiger partial charge in [-0.25, -0.2) is 9.97 Å². The fraction of sp³-hybridized carbons (Fsp3) is 0.400. The molecule has 1 aromatic carbocycles. The molecule has 4 N–H and O–H groups in total. The number of halogens is 1. The summed E-state index contributed by atoms with van der Waals surface area (Å²) in [7, 11) is -1.37. The van der Waals surface area contributed by atoms with Crippen LogP contribution < -0.4 is 25.0 Å². The number of hydrogen-bond donors (Lipinski definition) is 4. The van der Waals surface area contributed by atoms with Gasteiger partial charge in [0.1, 0.15) is 10.8 Å². The molecule has 1 aliphatic carbocycles. The lowest BCUT2D eigenvalue weighted by Gasteiger charge is -2.33. The smallest absolute Gasteiger partial charge is 0.277 e. The monoisotopic (exact) mass is 557 g/mol. The minimum Gasteiger partial charge on any atom is -0.354 e. The zero-order valence-electron chi connectivity index (χ0n) is 21.4. The second-order valence-corrected chi connectivity index (χ2v) is 11.6. The van der Waals surface area contributed by atoms with Gasteiger partial charge < -0.3 is 20.4 Å². The molecule has 38 heavy (non-hydrogen) atoms. The standard InChI is InChI=1S/C25H32ClN9O2S/c1-17-13-18(14-29-38(36,37)33-19-4-5-19)3-7-22(17)31-24-21(26)16-28-25(32-24)30-20-6-8-23(27-15-20)35-11-9-34(2)10-12-35/h3,6-8,13,15-16,19,29,33H,4-5,9-12,14H2,1-2H3,(H2,28,30,31,32). The summed E-state index contributed by atoms with van der Waals surface area (Å²) in [6, 6.07) is 9.68. The highest BCUT2D eigenvalue weighted by Crippen LogP contribution is 2.27. The highest BCUT2D eigenvalue weighted by atomic mass is 35.5. The summed E-state index contributed by atoms with van der Waals surface area (Å²) in [5.74, 6) is 1.79. The Kier molecular flexibility index (Phi) is 7.96. The van der Waals surface area contributed by atoms with Gasteiger partial charge in [-0.1, -0.05) is 23.7 Å². The molecule has 1 saturated heterocycles. The number of rotatable bonds is 10.